The lowest BCUT2D eigenvalue weighted by atomic mass is 9.65. The highest BCUT2D eigenvalue weighted by Crippen LogP contribution is 2.50. The van der Waals surface area contributed by atoms with Crippen molar-refractivity contribution < 1.29 is 18.5 Å². The standard InChI is InChI=1S/C60H60NO4P/c1-45(2)61(46(3)4)66(64-43-47-27-31-53(32-28-47)59(49-19-11-7-12-20-49,50-21-13-8-14-22-50)55-35-39-57(62-5)40-36-55)65-44-48-29-33-54(34-30-48)60(51-23-15-9-16-24-51,52-25-17-10-18-26-52)56-37-41-58(63-6)42-38-56/h7-42,45-46H,43-44H2,1-6H3. The first-order chi connectivity index (χ1) is 32.3. The van der Waals surface area contributed by atoms with Gasteiger partial charge in [-0.2, -0.15) is 0 Å². The summed E-state index contributed by atoms with van der Waals surface area (Å²) in [5, 5.41) is 0. The molecule has 0 bridgehead atoms. The molecule has 0 N–H and O–H groups in total. The van der Waals surface area contributed by atoms with Gasteiger partial charge in [0.15, 0.2) is 0 Å². The van der Waals surface area contributed by atoms with Crippen molar-refractivity contribution >= 4 is 8.53 Å². The van der Waals surface area contributed by atoms with Crippen molar-refractivity contribution in [2.24, 2.45) is 0 Å². The Labute approximate surface area is 393 Å². The van der Waals surface area contributed by atoms with Crippen molar-refractivity contribution in [2.75, 3.05) is 14.2 Å². The molecule has 0 radical (unpaired) electrons. The summed E-state index contributed by atoms with van der Waals surface area (Å²) in [6.07, 6.45) is 0. The molecule has 8 aromatic carbocycles. The van der Waals surface area contributed by atoms with Crippen molar-refractivity contribution in [3.05, 3.63) is 274 Å². The summed E-state index contributed by atoms with van der Waals surface area (Å²) in [4.78, 5) is 0. The molecule has 0 aromatic heterocycles. The number of nitrogens with zero attached hydrogens (tertiary/aromatic N) is 1. The number of rotatable bonds is 19. The maximum atomic E-state index is 6.85. The molecule has 66 heavy (non-hydrogen) atoms. The van der Waals surface area contributed by atoms with Gasteiger partial charge in [-0.15, -0.1) is 0 Å². The molecule has 8 aromatic rings. The predicted octanol–water partition coefficient (Wildman–Crippen LogP) is 14.5. The minimum absolute atomic E-state index is 0.213. The van der Waals surface area contributed by atoms with Crippen LogP contribution < -0.4 is 9.47 Å². The highest BCUT2D eigenvalue weighted by Gasteiger charge is 2.40. The lowest BCUT2D eigenvalue weighted by Gasteiger charge is -2.37. The predicted molar refractivity (Wildman–Crippen MR) is 271 cm³/mol. The molecular weight excluding hydrogens is 830 g/mol. The molecule has 0 saturated heterocycles. The Morgan fingerprint density at radius 2 is 0.591 bits per heavy atom. The maximum absolute atomic E-state index is 6.85. The number of methoxy groups -OCH3 is 2. The third-order valence-corrected chi connectivity index (χ3v) is 14.6. The minimum atomic E-state index is -1.43. The van der Waals surface area contributed by atoms with E-state index in [1.165, 1.54) is 22.3 Å². The van der Waals surface area contributed by atoms with E-state index in [0.717, 1.165) is 44.9 Å². The molecular formula is C60H60NO4P. The first kappa shape index (κ1) is 46.2. The van der Waals surface area contributed by atoms with E-state index in [1.54, 1.807) is 14.2 Å². The van der Waals surface area contributed by atoms with Crippen molar-refractivity contribution in [1.29, 1.82) is 0 Å². The molecule has 0 atom stereocenters. The van der Waals surface area contributed by atoms with Crippen LogP contribution in [-0.2, 0) is 33.1 Å². The van der Waals surface area contributed by atoms with Crippen LogP contribution in [0.1, 0.15) is 83.3 Å². The van der Waals surface area contributed by atoms with E-state index in [0.29, 0.717) is 13.2 Å². The molecule has 0 aliphatic heterocycles. The summed E-state index contributed by atoms with van der Waals surface area (Å²) in [6.45, 7) is 9.66. The molecule has 0 aliphatic rings. The fraction of sp³-hybridized carbons (Fsp3) is 0.200. The second-order valence-electron chi connectivity index (χ2n) is 17.2. The summed E-state index contributed by atoms with van der Waals surface area (Å²) in [5.74, 6) is 1.65. The van der Waals surface area contributed by atoms with E-state index in [1.807, 2.05) is 0 Å². The van der Waals surface area contributed by atoms with Crippen LogP contribution in [0.25, 0.3) is 0 Å². The fourth-order valence-electron chi connectivity index (χ4n) is 9.54. The Morgan fingerprint density at radius 1 is 0.348 bits per heavy atom. The Kier molecular flexibility index (Phi) is 14.9. The Morgan fingerprint density at radius 3 is 0.833 bits per heavy atom. The van der Waals surface area contributed by atoms with E-state index >= 15 is 0 Å². The highest BCUT2D eigenvalue weighted by atomic mass is 31.2. The quantitative estimate of drug-likeness (QED) is 0.0597. The molecule has 334 valence electrons. The molecule has 0 fully saturated rings. The fourth-order valence-corrected chi connectivity index (χ4v) is 11.2. The van der Waals surface area contributed by atoms with Crippen LogP contribution in [0, 0.1) is 0 Å². The first-order valence-corrected chi connectivity index (χ1v) is 24.0. The molecule has 0 aliphatic carbocycles. The van der Waals surface area contributed by atoms with E-state index < -0.39 is 19.4 Å². The SMILES string of the molecule is COc1ccc(C(c2ccccc2)(c2ccccc2)c2ccc(COP(OCc3ccc(C(c4ccccc4)(c4ccccc4)c4ccc(OC)cc4)cc3)N(C(C)C)C(C)C)cc2)cc1. The Hall–Kier alpha value is -6.33. The van der Waals surface area contributed by atoms with E-state index in [-0.39, 0.29) is 12.1 Å². The molecule has 0 unspecified atom stereocenters. The van der Waals surface area contributed by atoms with Crippen molar-refractivity contribution in [3.8, 4) is 11.5 Å². The third kappa shape index (κ3) is 9.49. The Balaban J connectivity index is 1.08. The summed E-state index contributed by atoms with van der Waals surface area (Å²) in [6, 6.07) is 78.3. The number of ether oxygens (including phenoxy) is 2. The zero-order valence-electron chi connectivity index (χ0n) is 38.9. The minimum Gasteiger partial charge on any atom is -0.497 e. The normalized spacial score (nSPS) is 12.0. The molecule has 8 rings (SSSR count). The average Bonchev–Trinajstić information content (AvgIpc) is 3.37. The monoisotopic (exact) mass is 889 g/mol. The largest absolute Gasteiger partial charge is 0.497 e. The van der Waals surface area contributed by atoms with Crippen LogP contribution in [0.2, 0.25) is 0 Å². The molecule has 6 heteroatoms. The summed E-state index contributed by atoms with van der Waals surface area (Å²) >= 11 is 0. The second-order valence-corrected chi connectivity index (χ2v) is 18.6. The topological polar surface area (TPSA) is 40.2 Å². The number of hydrogen-bond acceptors (Lipinski definition) is 5. The van der Waals surface area contributed by atoms with E-state index in [4.69, 9.17) is 18.5 Å². The summed E-state index contributed by atoms with van der Waals surface area (Å²) < 4.78 is 27.2. The van der Waals surface area contributed by atoms with Crippen molar-refractivity contribution in [1.82, 2.24) is 4.67 Å². The molecule has 0 spiro atoms. The van der Waals surface area contributed by atoms with Crippen LogP contribution in [0.4, 0.5) is 0 Å². The molecule has 0 heterocycles. The van der Waals surface area contributed by atoms with Gasteiger partial charge in [-0.25, -0.2) is 4.67 Å². The van der Waals surface area contributed by atoms with Crippen molar-refractivity contribution in [3.63, 3.8) is 0 Å². The van der Waals surface area contributed by atoms with Gasteiger partial charge in [0.05, 0.1) is 38.3 Å². The van der Waals surface area contributed by atoms with Gasteiger partial charge < -0.3 is 18.5 Å². The van der Waals surface area contributed by atoms with Gasteiger partial charge in [-0.1, -0.05) is 194 Å². The zero-order chi connectivity index (χ0) is 45.9. The van der Waals surface area contributed by atoms with Gasteiger partial charge in [-0.05, 0) is 108 Å². The summed E-state index contributed by atoms with van der Waals surface area (Å²) in [7, 11) is 1.99. The number of hydrogen-bond donors (Lipinski definition) is 0. The Bertz CT molecular complexity index is 2420. The first-order valence-electron chi connectivity index (χ1n) is 22.8. The molecule has 5 nitrogen and oxygen atoms in total. The van der Waals surface area contributed by atoms with E-state index in [9.17, 15) is 0 Å². The van der Waals surface area contributed by atoms with Gasteiger partial charge in [0.25, 0.3) is 8.53 Å². The maximum Gasteiger partial charge on any atom is 0.259 e. The molecule has 0 amide bonds. The lowest BCUT2D eigenvalue weighted by Crippen LogP contribution is -2.33. The highest BCUT2D eigenvalue weighted by molar-refractivity contribution is 7.44. The van der Waals surface area contributed by atoms with Crippen LogP contribution >= 0.6 is 8.53 Å². The van der Waals surface area contributed by atoms with Crippen LogP contribution in [0.15, 0.2) is 218 Å². The number of benzene rings is 8. The van der Waals surface area contributed by atoms with E-state index in [2.05, 4.69) is 251 Å². The van der Waals surface area contributed by atoms with Crippen LogP contribution in [-0.4, -0.2) is 31.0 Å². The average molecular weight is 890 g/mol. The summed E-state index contributed by atoms with van der Waals surface area (Å²) in [5.41, 5.74) is 10.4. The van der Waals surface area contributed by atoms with Gasteiger partial charge in [-0.3, -0.25) is 0 Å². The van der Waals surface area contributed by atoms with Gasteiger partial charge in [0.1, 0.15) is 11.5 Å². The van der Waals surface area contributed by atoms with Crippen LogP contribution in [0.3, 0.4) is 0 Å². The van der Waals surface area contributed by atoms with Gasteiger partial charge in [0.2, 0.25) is 0 Å². The van der Waals surface area contributed by atoms with Gasteiger partial charge >= 0.3 is 0 Å². The molecule has 0 saturated carbocycles. The second kappa shape index (κ2) is 21.3. The van der Waals surface area contributed by atoms with Crippen LogP contribution in [0.5, 0.6) is 11.5 Å². The van der Waals surface area contributed by atoms with Gasteiger partial charge in [0, 0.05) is 12.1 Å². The lowest BCUT2D eigenvalue weighted by molar-refractivity contribution is 0.164. The third-order valence-electron chi connectivity index (χ3n) is 12.6. The smallest absolute Gasteiger partial charge is 0.259 e. The zero-order valence-corrected chi connectivity index (χ0v) is 39.8. The van der Waals surface area contributed by atoms with Crippen molar-refractivity contribution in [2.45, 2.75) is 63.8 Å².